The molecule has 1 aromatic rings. The first-order chi connectivity index (χ1) is 15.5. The van der Waals surface area contributed by atoms with Crippen LogP contribution in [0.2, 0.25) is 0 Å². The van der Waals surface area contributed by atoms with Crippen molar-refractivity contribution in [1.29, 1.82) is 0 Å². The van der Waals surface area contributed by atoms with Crippen LogP contribution in [0.1, 0.15) is 120 Å². The lowest BCUT2D eigenvalue weighted by atomic mass is 10.0. The van der Waals surface area contributed by atoms with Gasteiger partial charge in [-0.2, -0.15) is 0 Å². The van der Waals surface area contributed by atoms with E-state index in [1.165, 1.54) is 103 Å². The lowest BCUT2D eigenvalue weighted by Gasteiger charge is -2.29. The molecule has 0 aliphatic carbocycles. The molecule has 0 saturated carbocycles. The van der Waals surface area contributed by atoms with Crippen LogP contribution in [0.5, 0.6) is 0 Å². The number of carbonyl (C=O) groups is 1. The van der Waals surface area contributed by atoms with E-state index in [0.29, 0.717) is 12.2 Å². The fraction of sp³-hybridized carbons (Fsp3) is 0.759. The molecule has 1 aromatic carbocycles. The van der Waals surface area contributed by atoms with Crippen LogP contribution in [0.25, 0.3) is 0 Å². The number of carbonyl (C=O) groups excluding carboxylic acids is 1. The highest BCUT2D eigenvalue weighted by molar-refractivity contribution is 5.89. The van der Waals surface area contributed by atoms with Gasteiger partial charge in [-0.1, -0.05) is 115 Å². The van der Waals surface area contributed by atoms with Crippen molar-refractivity contribution in [3.05, 3.63) is 35.9 Å². The molecular weight excluding hydrogens is 474 g/mol. The zero-order chi connectivity index (χ0) is 23.3. The number of hydrogen-bond donors (Lipinski definition) is 0. The standard InChI is InChI=1S/C29H52NO2.BrH/c1-4-5-6-7-8-9-10-11-12-13-14-15-16-17-18-22-25-30(2,3)26-27-32-29(31)28-23-20-19-21-24-28;/h19-21,23-24H,4-18,22,25-27H2,1-3H3;1H/q+1;/p-1. The summed E-state index contributed by atoms with van der Waals surface area (Å²) in [5, 5.41) is 0. The van der Waals surface area contributed by atoms with Crippen LogP contribution >= 0.6 is 0 Å². The number of nitrogens with zero attached hydrogens (tertiary/aromatic N) is 1. The minimum Gasteiger partial charge on any atom is -1.00 e. The molecule has 0 saturated heterocycles. The van der Waals surface area contributed by atoms with Gasteiger partial charge in [0.15, 0.2) is 0 Å². The van der Waals surface area contributed by atoms with E-state index in [9.17, 15) is 4.79 Å². The number of quaternary nitrogens is 1. The summed E-state index contributed by atoms with van der Waals surface area (Å²) < 4.78 is 6.36. The number of hydrogen-bond acceptors (Lipinski definition) is 2. The normalized spacial score (nSPS) is 11.2. The third-order valence-corrected chi connectivity index (χ3v) is 6.56. The average molecular weight is 527 g/mol. The average Bonchev–Trinajstić information content (AvgIpc) is 2.79. The summed E-state index contributed by atoms with van der Waals surface area (Å²) in [5.41, 5.74) is 0.635. The molecule has 3 nitrogen and oxygen atoms in total. The minimum absolute atomic E-state index is 0. The Morgan fingerprint density at radius 1 is 0.667 bits per heavy atom. The van der Waals surface area contributed by atoms with Gasteiger partial charge in [-0.15, -0.1) is 0 Å². The molecule has 0 N–H and O–H groups in total. The van der Waals surface area contributed by atoms with Crippen molar-refractivity contribution in [2.75, 3.05) is 33.8 Å². The van der Waals surface area contributed by atoms with Gasteiger partial charge in [-0.05, 0) is 25.0 Å². The second-order valence-electron chi connectivity index (χ2n) is 10.2. The summed E-state index contributed by atoms with van der Waals surface area (Å²) in [6.45, 7) is 4.80. The minimum atomic E-state index is -0.215. The van der Waals surface area contributed by atoms with Crippen molar-refractivity contribution >= 4 is 5.97 Å². The van der Waals surface area contributed by atoms with E-state index in [-0.39, 0.29) is 23.0 Å². The van der Waals surface area contributed by atoms with Gasteiger partial charge >= 0.3 is 5.97 Å². The summed E-state index contributed by atoms with van der Waals surface area (Å²) in [6.07, 6.45) is 22.5. The summed E-state index contributed by atoms with van der Waals surface area (Å²) in [4.78, 5) is 12.0. The van der Waals surface area contributed by atoms with E-state index >= 15 is 0 Å². The number of esters is 1. The van der Waals surface area contributed by atoms with Crippen molar-refractivity contribution < 1.29 is 31.0 Å². The van der Waals surface area contributed by atoms with Crippen molar-refractivity contribution in [3.8, 4) is 0 Å². The van der Waals surface area contributed by atoms with Crippen molar-refractivity contribution in [3.63, 3.8) is 0 Å². The van der Waals surface area contributed by atoms with Crippen LogP contribution in [-0.2, 0) is 4.74 Å². The number of rotatable bonds is 21. The van der Waals surface area contributed by atoms with Crippen LogP contribution < -0.4 is 17.0 Å². The van der Waals surface area contributed by atoms with Crippen LogP contribution in [0.4, 0.5) is 0 Å². The number of halogens is 1. The molecule has 192 valence electrons. The SMILES string of the molecule is CCCCCCCCCCCCCCCCCC[N+](C)(C)CCOC(=O)c1ccccc1.[Br-]. The molecule has 0 spiro atoms. The Labute approximate surface area is 216 Å². The molecule has 0 unspecified atom stereocenters. The van der Waals surface area contributed by atoms with E-state index in [0.717, 1.165) is 17.6 Å². The zero-order valence-electron chi connectivity index (χ0n) is 22.0. The van der Waals surface area contributed by atoms with Gasteiger partial charge in [0.1, 0.15) is 13.2 Å². The topological polar surface area (TPSA) is 26.3 Å². The van der Waals surface area contributed by atoms with Gasteiger partial charge in [-0.3, -0.25) is 0 Å². The summed E-state index contributed by atoms with van der Waals surface area (Å²) in [5.74, 6) is -0.215. The maximum Gasteiger partial charge on any atom is 0.338 e. The zero-order valence-corrected chi connectivity index (χ0v) is 23.5. The molecule has 0 heterocycles. The summed E-state index contributed by atoms with van der Waals surface area (Å²) in [7, 11) is 4.48. The highest BCUT2D eigenvalue weighted by atomic mass is 79.9. The summed E-state index contributed by atoms with van der Waals surface area (Å²) >= 11 is 0. The Morgan fingerprint density at radius 2 is 1.09 bits per heavy atom. The molecule has 0 aliphatic heterocycles. The third kappa shape index (κ3) is 19.2. The van der Waals surface area contributed by atoms with Crippen LogP contribution in [0.3, 0.4) is 0 Å². The Hall–Kier alpha value is -0.870. The second-order valence-corrected chi connectivity index (χ2v) is 10.2. The first-order valence-corrected chi connectivity index (χ1v) is 13.6. The quantitative estimate of drug-likeness (QED) is 0.125. The Kier molecular flexibility index (Phi) is 21.1. The van der Waals surface area contributed by atoms with E-state index in [1.807, 2.05) is 18.2 Å². The van der Waals surface area contributed by atoms with Gasteiger partial charge in [0.05, 0.1) is 26.2 Å². The molecule has 1 rings (SSSR count). The van der Waals surface area contributed by atoms with Crippen LogP contribution in [0.15, 0.2) is 30.3 Å². The molecule has 33 heavy (non-hydrogen) atoms. The first-order valence-electron chi connectivity index (χ1n) is 13.6. The van der Waals surface area contributed by atoms with Crippen LogP contribution in [-0.4, -0.2) is 44.2 Å². The number of unbranched alkanes of at least 4 members (excludes halogenated alkanes) is 15. The maximum atomic E-state index is 12.0. The van der Waals surface area contributed by atoms with Gasteiger partial charge in [-0.25, -0.2) is 4.79 Å². The first kappa shape index (κ1) is 32.1. The monoisotopic (exact) mass is 525 g/mol. The molecule has 0 radical (unpaired) electrons. The van der Waals surface area contributed by atoms with Gasteiger partial charge in [0, 0.05) is 0 Å². The van der Waals surface area contributed by atoms with Gasteiger partial charge < -0.3 is 26.2 Å². The molecular formula is C29H52BrNO2. The second kappa shape index (κ2) is 21.6. The molecule has 0 fully saturated rings. The number of likely N-dealkylation sites (N-methyl/N-ethyl adjacent to an activating group) is 1. The van der Waals surface area contributed by atoms with Crippen molar-refractivity contribution in [2.45, 2.75) is 110 Å². The molecule has 4 heteroatoms. The number of benzene rings is 1. The molecule has 0 bridgehead atoms. The molecule has 0 aromatic heterocycles. The van der Waals surface area contributed by atoms with E-state index < -0.39 is 0 Å². The fourth-order valence-electron chi connectivity index (χ4n) is 4.24. The van der Waals surface area contributed by atoms with Gasteiger partial charge in [0.2, 0.25) is 0 Å². The van der Waals surface area contributed by atoms with E-state index in [1.54, 1.807) is 12.1 Å². The smallest absolute Gasteiger partial charge is 0.338 e. The molecule has 0 aliphatic rings. The molecule has 0 atom stereocenters. The van der Waals surface area contributed by atoms with Crippen molar-refractivity contribution in [1.82, 2.24) is 0 Å². The Bertz CT molecular complexity index is 562. The predicted molar refractivity (Wildman–Crippen MR) is 138 cm³/mol. The van der Waals surface area contributed by atoms with E-state index in [4.69, 9.17) is 4.74 Å². The lowest BCUT2D eigenvalue weighted by Crippen LogP contribution is -3.00. The van der Waals surface area contributed by atoms with Crippen LogP contribution in [0, 0.1) is 0 Å². The van der Waals surface area contributed by atoms with Crippen molar-refractivity contribution in [2.24, 2.45) is 0 Å². The largest absolute Gasteiger partial charge is 1.00 e. The third-order valence-electron chi connectivity index (χ3n) is 6.56. The highest BCUT2D eigenvalue weighted by Crippen LogP contribution is 2.14. The fourth-order valence-corrected chi connectivity index (χ4v) is 4.24. The van der Waals surface area contributed by atoms with Gasteiger partial charge in [0.25, 0.3) is 0 Å². The maximum absolute atomic E-state index is 12.0. The molecule has 0 amide bonds. The predicted octanol–water partition coefficient (Wildman–Crippen LogP) is 5.19. The number of ether oxygens (including phenoxy) is 1. The summed E-state index contributed by atoms with van der Waals surface area (Å²) in [6, 6.07) is 9.26. The Balaban J connectivity index is 0.0000102. The Morgan fingerprint density at radius 3 is 1.55 bits per heavy atom. The lowest BCUT2D eigenvalue weighted by molar-refractivity contribution is -0.890. The van der Waals surface area contributed by atoms with E-state index in [2.05, 4.69) is 21.0 Å². The highest BCUT2D eigenvalue weighted by Gasteiger charge is 2.16.